The number of rotatable bonds is 7. The van der Waals surface area contributed by atoms with E-state index in [1.807, 2.05) is 6.92 Å². The minimum absolute atomic E-state index is 0.0147. The highest BCUT2D eigenvalue weighted by Crippen LogP contribution is 2.24. The third-order valence-electron chi connectivity index (χ3n) is 2.70. The van der Waals surface area contributed by atoms with E-state index in [0.717, 1.165) is 6.42 Å². The van der Waals surface area contributed by atoms with E-state index in [1.54, 1.807) is 0 Å². The van der Waals surface area contributed by atoms with Crippen LogP contribution in [0.3, 0.4) is 0 Å². The Bertz CT molecular complexity index is 283. The first kappa shape index (κ1) is 16.4. The Hall–Kier alpha value is -1.59. The van der Waals surface area contributed by atoms with Crippen molar-refractivity contribution in [3.63, 3.8) is 0 Å². The Balaban J connectivity index is 5.01. The summed E-state index contributed by atoms with van der Waals surface area (Å²) in [5, 5.41) is 0. The Morgan fingerprint density at radius 1 is 0.944 bits per heavy atom. The molecule has 0 amide bonds. The first-order chi connectivity index (χ1) is 8.51. The maximum absolute atomic E-state index is 11.6. The maximum atomic E-state index is 11.6. The number of carbonyl (C=O) groups excluding carboxylic acids is 3. The Morgan fingerprint density at radius 2 is 1.44 bits per heavy atom. The quantitative estimate of drug-likeness (QED) is 0.385. The Labute approximate surface area is 107 Å². The molecule has 0 N–H and O–H groups in total. The molecule has 0 heterocycles. The molecule has 0 bridgehead atoms. The van der Waals surface area contributed by atoms with Crippen molar-refractivity contribution >= 4 is 17.9 Å². The van der Waals surface area contributed by atoms with Gasteiger partial charge in [-0.25, -0.2) is 0 Å². The second-order valence-corrected chi connectivity index (χ2v) is 3.85. The van der Waals surface area contributed by atoms with E-state index in [2.05, 4.69) is 14.2 Å². The normalized spacial score (nSPS) is 11.8. The second-order valence-electron chi connectivity index (χ2n) is 3.85. The molecule has 0 unspecified atom stereocenters. The van der Waals surface area contributed by atoms with Gasteiger partial charge < -0.3 is 14.2 Å². The molecular weight excluding hydrogens is 240 g/mol. The average Bonchev–Trinajstić information content (AvgIpc) is 2.38. The summed E-state index contributed by atoms with van der Waals surface area (Å²) in [6.07, 6.45) is 1.25. The minimum atomic E-state index is -1.08. The van der Waals surface area contributed by atoms with Crippen LogP contribution in [-0.2, 0) is 28.6 Å². The smallest absolute Gasteiger partial charge is 0.320 e. The van der Waals surface area contributed by atoms with E-state index in [4.69, 9.17) is 0 Å². The summed E-state index contributed by atoms with van der Waals surface area (Å²) >= 11 is 0. The highest BCUT2D eigenvalue weighted by Gasteiger charge is 2.37. The first-order valence-electron chi connectivity index (χ1n) is 5.74. The van der Waals surface area contributed by atoms with E-state index in [0.29, 0.717) is 6.42 Å². The summed E-state index contributed by atoms with van der Waals surface area (Å²) in [5.41, 5.74) is 0. The summed E-state index contributed by atoms with van der Waals surface area (Å²) in [7, 11) is 3.65. The first-order valence-corrected chi connectivity index (χ1v) is 5.74. The van der Waals surface area contributed by atoms with Crippen molar-refractivity contribution in [3.8, 4) is 0 Å². The van der Waals surface area contributed by atoms with E-state index in [1.165, 1.54) is 21.3 Å². The zero-order chi connectivity index (χ0) is 14.1. The third kappa shape index (κ3) is 4.73. The number of esters is 3. The predicted molar refractivity (Wildman–Crippen MR) is 62.6 cm³/mol. The fourth-order valence-corrected chi connectivity index (χ4v) is 1.79. The van der Waals surface area contributed by atoms with Crippen LogP contribution in [0.5, 0.6) is 0 Å². The van der Waals surface area contributed by atoms with E-state index in [9.17, 15) is 14.4 Å². The standard InChI is InChI=1S/C12H20O6/c1-5-6-8(7-9(13)16-2)10(11(14)17-3)12(15)18-4/h8,10H,5-7H2,1-4H3/t8-/m1/s1. The number of carbonyl (C=O) groups is 3. The maximum Gasteiger partial charge on any atom is 0.320 e. The summed E-state index contributed by atoms with van der Waals surface area (Å²) in [4.78, 5) is 34.5. The Morgan fingerprint density at radius 3 is 1.78 bits per heavy atom. The molecule has 0 aliphatic heterocycles. The fourth-order valence-electron chi connectivity index (χ4n) is 1.79. The van der Waals surface area contributed by atoms with Crippen LogP contribution in [0.2, 0.25) is 0 Å². The molecule has 0 rings (SSSR count). The number of hydrogen-bond donors (Lipinski definition) is 0. The van der Waals surface area contributed by atoms with Crippen molar-refractivity contribution in [3.05, 3.63) is 0 Å². The van der Waals surface area contributed by atoms with Gasteiger partial charge in [0.25, 0.3) is 0 Å². The van der Waals surface area contributed by atoms with Crippen LogP contribution < -0.4 is 0 Å². The van der Waals surface area contributed by atoms with Gasteiger partial charge in [-0.15, -0.1) is 0 Å². The van der Waals surface area contributed by atoms with Gasteiger partial charge in [-0.1, -0.05) is 13.3 Å². The van der Waals surface area contributed by atoms with Crippen LogP contribution in [0.25, 0.3) is 0 Å². The number of ether oxygens (including phenoxy) is 3. The molecule has 6 nitrogen and oxygen atoms in total. The molecule has 0 aliphatic rings. The highest BCUT2D eigenvalue weighted by atomic mass is 16.5. The Kier molecular flexibility index (Phi) is 7.74. The van der Waals surface area contributed by atoms with Crippen molar-refractivity contribution in [1.82, 2.24) is 0 Å². The third-order valence-corrected chi connectivity index (χ3v) is 2.70. The van der Waals surface area contributed by atoms with Crippen LogP contribution >= 0.6 is 0 Å². The summed E-state index contributed by atoms with van der Waals surface area (Å²) in [5.74, 6) is -3.40. The lowest BCUT2D eigenvalue weighted by atomic mass is 9.86. The summed E-state index contributed by atoms with van der Waals surface area (Å²) in [6, 6.07) is 0. The molecule has 104 valence electrons. The van der Waals surface area contributed by atoms with Crippen LogP contribution in [0.1, 0.15) is 26.2 Å². The summed E-state index contributed by atoms with van der Waals surface area (Å²) in [6.45, 7) is 1.90. The largest absolute Gasteiger partial charge is 0.469 e. The van der Waals surface area contributed by atoms with Gasteiger partial charge in [-0.05, 0) is 12.3 Å². The molecule has 1 atom stereocenters. The molecule has 0 saturated heterocycles. The van der Waals surface area contributed by atoms with Gasteiger partial charge in [0, 0.05) is 6.42 Å². The molecule has 18 heavy (non-hydrogen) atoms. The monoisotopic (exact) mass is 260 g/mol. The molecule has 0 aromatic carbocycles. The average molecular weight is 260 g/mol. The van der Waals surface area contributed by atoms with E-state index >= 15 is 0 Å². The van der Waals surface area contributed by atoms with Crippen LogP contribution in [0, 0.1) is 11.8 Å². The molecule has 0 radical (unpaired) electrons. The second kappa shape index (κ2) is 8.49. The minimum Gasteiger partial charge on any atom is -0.469 e. The zero-order valence-electron chi connectivity index (χ0n) is 11.2. The van der Waals surface area contributed by atoms with Crippen molar-refractivity contribution < 1.29 is 28.6 Å². The zero-order valence-corrected chi connectivity index (χ0v) is 11.2. The molecule has 0 spiro atoms. The lowest BCUT2D eigenvalue weighted by Gasteiger charge is -2.21. The van der Waals surface area contributed by atoms with Gasteiger partial charge >= 0.3 is 17.9 Å². The highest BCUT2D eigenvalue weighted by molar-refractivity contribution is 5.95. The van der Waals surface area contributed by atoms with E-state index in [-0.39, 0.29) is 6.42 Å². The van der Waals surface area contributed by atoms with Crippen molar-refractivity contribution in [1.29, 1.82) is 0 Å². The summed E-state index contributed by atoms with van der Waals surface area (Å²) < 4.78 is 13.7. The van der Waals surface area contributed by atoms with Crippen molar-refractivity contribution in [2.75, 3.05) is 21.3 Å². The van der Waals surface area contributed by atoms with Crippen molar-refractivity contribution in [2.24, 2.45) is 11.8 Å². The van der Waals surface area contributed by atoms with E-state index < -0.39 is 29.7 Å². The van der Waals surface area contributed by atoms with Gasteiger partial charge in [0.1, 0.15) is 0 Å². The molecule has 0 aromatic rings. The van der Waals surface area contributed by atoms with Gasteiger partial charge in [-0.3, -0.25) is 14.4 Å². The molecular formula is C12H20O6. The van der Waals surface area contributed by atoms with Crippen LogP contribution in [0.15, 0.2) is 0 Å². The molecule has 0 aliphatic carbocycles. The van der Waals surface area contributed by atoms with Gasteiger partial charge in [0.15, 0.2) is 5.92 Å². The van der Waals surface area contributed by atoms with Crippen LogP contribution in [0.4, 0.5) is 0 Å². The topological polar surface area (TPSA) is 78.9 Å². The lowest BCUT2D eigenvalue weighted by Crippen LogP contribution is -2.34. The molecule has 0 fully saturated rings. The van der Waals surface area contributed by atoms with Gasteiger partial charge in [0.2, 0.25) is 0 Å². The molecule has 0 aromatic heterocycles. The van der Waals surface area contributed by atoms with Gasteiger partial charge in [0.05, 0.1) is 21.3 Å². The number of methoxy groups -OCH3 is 3. The van der Waals surface area contributed by atoms with Crippen LogP contribution in [-0.4, -0.2) is 39.2 Å². The molecule has 0 saturated carbocycles. The SMILES string of the molecule is CCC[C@H](CC(=O)OC)C(C(=O)OC)C(=O)OC. The van der Waals surface area contributed by atoms with Gasteiger partial charge in [-0.2, -0.15) is 0 Å². The van der Waals surface area contributed by atoms with Crippen molar-refractivity contribution in [2.45, 2.75) is 26.2 Å². The fraction of sp³-hybridized carbons (Fsp3) is 0.750. The lowest BCUT2D eigenvalue weighted by molar-refractivity contribution is -0.162. The number of hydrogen-bond acceptors (Lipinski definition) is 6. The molecule has 6 heteroatoms. The predicted octanol–water partition coefficient (Wildman–Crippen LogP) is 0.928.